The second kappa shape index (κ2) is 7.26. The van der Waals surface area contributed by atoms with E-state index < -0.39 is 11.7 Å². The van der Waals surface area contributed by atoms with E-state index in [2.05, 4.69) is 25.6 Å². The molecule has 132 valence electrons. The summed E-state index contributed by atoms with van der Waals surface area (Å²) in [5, 5.41) is 5.85. The lowest BCUT2D eigenvalue weighted by Crippen LogP contribution is -2.17. The predicted molar refractivity (Wildman–Crippen MR) is 98.1 cm³/mol. The normalized spacial score (nSPS) is 10.5. The highest BCUT2D eigenvalue weighted by atomic mass is 19.1. The van der Waals surface area contributed by atoms with Gasteiger partial charge in [0.15, 0.2) is 5.69 Å². The molecule has 0 aliphatic rings. The lowest BCUT2D eigenvalue weighted by atomic mass is 10.2. The molecule has 0 fully saturated rings. The molecular weight excluding hydrogens is 333 g/mol. The first-order chi connectivity index (χ1) is 12.4. The Morgan fingerprint density at radius 1 is 1.00 bits per heavy atom. The van der Waals surface area contributed by atoms with Crippen LogP contribution in [-0.4, -0.2) is 20.9 Å². The highest BCUT2D eigenvalue weighted by molar-refractivity contribution is 6.06. The fraction of sp³-hybridized carbons (Fsp3) is 0.158. The molecule has 0 atom stereocenters. The molecule has 3 aromatic rings. The Morgan fingerprint density at radius 2 is 1.81 bits per heavy atom. The van der Waals surface area contributed by atoms with Crippen LogP contribution < -0.4 is 10.6 Å². The zero-order valence-electron chi connectivity index (χ0n) is 14.7. The summed E-state index contributed by atoms with van der Waals surface area (Å²) >= 11 is 0. The maximum Gasteiger partial charge on any atom is 0.277 e. The van der Waals surface area contributed by atoms with Gasteiger partial charge in [-0.05, 0) is 56.7 Å². The molecule has 1 amide bonds. The Morgan fingerprint density at radius 3 is 2.54 bits per heavy atom. The van der Waals surface area contributed by atoms with Gasteiger partial charge in [0, 0.05) is 11.9 Å². The summed E-state index contributed by atoms with van der Waals surface area (Å²) < 4.78 is 13.4. The lowest BCUT2D eigenvalue weighted by Gasteiger charge is -2.13. The third-order valence-electron chi connectivity index (χ3n) is 3.82. The van der Waals surface area contributed by atoms with Gasteiger partial charge >= 0.3 is 0 Å². The molecule has 0 saturated heterocycles. The summed E-state index contributed by atoms with van der Waals surface area (Å²) in [6.07, 6.45) is 3.38. The van der Waals surface area contributed by atoms with Crippen LogP contribution in [0.1, 0.15) is 27.4 Å². The SMILES string of the molecule is Cc1ccc(Nc2cnccc2C)c(C(=O)Nc2ccc(F)c(C)n2)n1. The molecule has 0 saturated carbocycles. The standard InChI is InChI=1S/C19H18FN5O/c1-11-8-9-21-10-16(11)24-15-6-4-12(2)22-18(15)19(26)25-17-7-5-14(20)13(3)23-17/h4-10,24H,1-3H3,(H,23,25,26). The van der Waals surface area contributed by atoms with Crippen molar-refractivity contribution in [3.05, 3.63) is 71.2 Å². The Hall–Kier alpha value is -3.35. The Balaban J connectivity index is 1.90. The Labute approximate surface area is 150 Å². The molecule has 0 spiro atoms. The first-order valence-corrected chi connectivity index (χ1v) is 8.04. The third kappa shape index (κ3) is 3.83. The minimum atomic E-state index is -0.434. The van der Waals surface area contributed by atoms with E-state index in [1.54, 1.807) is 25.4 Å². The number of halogens is 1. The third-order valence-corrected chi connectivity index (χ3v) is 3.82. The lowest BCUT2D eigenvalue weighted by molar-refractivity contribution is 0.102. The van der Waals surface area contributed by atoms with Gasteiger partial charge in [0.2, 0.25) is 0 Å². The fourth-order valence-electron chi connectivity index (χ4n) is 2.36. The van der Waals surface area contributed by atoms with Crippen LogP contribution in [0.25, 0.3) is 0 Å². The highest BCUT2D eigenvalue weighted by Gasteiger charge is 2.16. The van der Waals surface area contributed by atoms with Gasteiger partial charge in [-0.3, -0.25) is 9.78 Å². The number of carbonyl (C=O) groups excluding carboxylic acids is 1. The number of hydrogen-bond donors (Lipinski definition) is 2. The minimum absolute atomic E-state index is 0.212. The fourth-order valence-corrected chi connectivity index (χ4v) is 2.36. The molecule has 6 nitrogen and oxygen atoms in total. The van der Waals surface area contributed by atoms with Crippen molar-refractivity contribution in [3.8, 4) is 0 Å². The molecule has 0 unspecified atom stereocenters. The number of rotatable bonds is 4. The van der Waals surface area contributed by atoms with Gasteiger partial charge in [-0.15, -0.1) is 0 Å². The smallest absolute Gasteiger partial charge is 0.277 e. The van der Waals surface area contributed by atoms with Crippen LogP contribution in [0.15, 0.2) is 42.7 Å². The van der Waals surface area contributed by atoms with Crippen molar-refractivity contribution in [3.63, 3.8) is 0 Å². The summed E-state index contributed by atoms with van der Waals surface area (Å²) in [4.78, 5) is 25.1. The minimum Gasteiger partial charge on any atom is -0.352 e. The zero-order valence-corrected chi connectivity index (χ0v) is 14.7. The van der Waals surface area contributed by atoms with E-state index in [1.165, 1.54) is 19.1 Å². The first-order valence-electron chi connectivity index (χ1n) is 8.04. The summed E-state index contributed by atoms with van der Waals surface area (Å²) in [5.41, 5.74) is 3.45. The Kier molecular flexibility index (Phi) is 4.88. The molecule has 0 radical (unpaired) electrons. The van der Waals surface area contributed by atoms with E-state index in [9.17, 15) is 9.18 Å². The van der Waals surface area contributed by atoms with Crippen LogP contribution in [-0.2, 0) is 0 Å². The van der Waals surface area contributed by atoms with Gasteiger partial charge in [-0.1, -0.05) is 0 Å². The van der Waals surface area contributed by atoms with Crippen LogP contribution in [0.3, 0.4) is 0 Å². The second-order valence-corrected chi connectivity index (χ2v) is 5.88. The number of aromatic nitrogens is 3. The predicted octanol–water partition coefficient (Wildman–Crippen LogP) is 3.93. The van der Waals surface area contributed by atoms with E-state index in [0.717, 1.165) is 11.3 Å². The topological polar surface area (TPSA) is 79.8 Å². The summed E-state index contributed by atoms with van der Waals surface area (Å²) in [5.74, 6) is -0.594. The number of pyridine rings is 3. The van der Waals surface area contributed by atoms with Gasteiger partial charge in [-0.25, -0.2) is 14.4 Å². The molecule has 0 aromatic carbocycles. The maximum atomic E-state index is 13.4. The zero-order chi connectivity index (χ0) is 18.7. The average Bonchev–Trinajstić information content (AvgIpc) is 2.61. The molecule has 0 aliphatic heterocycles. The molecule has 0 bridgehead atoms. The van der Waals surface area contributed by atoms with Crippen molar-refractivity contribution in [2.75, 3.05) is 10.6 Å². The van der Waals surface area contributed by atoms with E-state index in [4.69, 9.17) is 0 Å². The maximum absolute atomic E-state index is 13.4. The molecule has 3 aromatic heterocycles. The molecule has 3 rings (SSSR count). The van der Waals surface area contributed by atoms with Crippen LogP contribution in [0.2, 0.25) is 0 Å². The first kappa shape index (κ1) is 17.5. The van der Waals surface area contributed by atoms with Crippen molar-refractivity contribution < 1.29 is 9.18 Å². The van der Waals surface area contributed by atoms with E-state index in [-0.39, 0.29) is 17.2 Å². The number of carbonyl (C=O) groups is 1. The summed E-state index contributed by atoms with van der Waals surface area (Å²) in [6, 6.07) is 8.14. The molecule has 2 N–H and O–H groups in total. The quantitative estimate of drug-likeness (QED) is 0.744. The number of nitrogens with one attached hydrogen (secondary N) is 2. The van der Waals surface area contributed by atoms with Crippen molar-refractivity contribution in [2.24, 2.45) is 0 Å². The van der Waals surface area contributed by atoms with E-state index >= 15 is 0 Å². The molecule has 0 aliphatic carbocycles. The van der Waals surface area contributed by atoms with Crippen molar-refractivity contribution in [1.82, 2.24) is 15.0 Å². The van der Waals surface area contributed by atoms with Crippen molar-refractivity contribution in [2.45, 2.75) is 20.8 Å². The number of anilines is 3. The number of hydrogen-bond acceptors (Lipinski definition) is 5. The van der Waals surface area contributed by atoms with Crippen molar-refractivity contribution in [1.29, 1.82) is 0 Å². The van der Waals surface area contributed by atoms with E-state index in [0.29, 0.717) is 11.4 Å². The molecular formula is C19H18FN5O. The van der Waals surface area contributed by atoms with Gasteiger partial charge in [0.25, 0.3) is 5.91 Å². The Bertz CT molecular complexity index is 974. The molecule has 7 heteroatoms. The van der Waals surface area contributed by atoms with Gasteiger partial charge in [0.05, 0.1) is 23.3 Å². The average molecular weight is 351 g/mol. The second-order valence-electron chi connectivity index (χ2n) is 5.88. The van der Waals surface area contributed by atoms with Gasteiger partial charge in [-0.2, -0.15) is 0 Å². The molecule has 26 heavy (non-hydrogen) atoms. The van der Waals surface area contributed by atoms with Crippen LogP contribution in [0, 0.1) is 26.6 Å². The monoisotopic (exact) mass is 351 g/mol. The highest BCUT2D eigenvalue weighted by Crippen LogP contribution is 2.23. The van der Waals surface area contributed by atoms with Crippen molar-refractivity contribution >= 4 is 23.1 Å². The van der Waals surface area contributed by atoms with Gasteiger partial charge in [0.1, 0.15) is 11.6 Å². The van der Waals surface area contributed by atoms with Crippen LogP contribution in [0.4, 0.5) is 21.6 Å². The van der Waals surface area contributed by atoms with Crippen LogP contribution >= 0.6 is 0 Å². The molecule has 3 heterocycles. The number of nitrogens with zero attached hydrogens (tertiary/aromatic N) is 3. The number of amides is 1. The largest absolute Gasteiger partial charge is 0.352 e. The van der Waals surface area contributed by atoms with E-state index in [1.807, 2.05) is 19.1 Å². The van der Waals surface area contributed by atoms with Crippen LogP contribution in [0.5, 0.6) is 0 Å². The summed E-state index contributed by atoms with van der Waals surface area (Å²) in [7, 11) is 0. The number of aryl methyl sites for hydroxylation is 3. The van der Waals surface area contributed by atoms with Gasteiger partial charge < -0.3 is 10.6 Å². The summed E-state index contributed by atoms with van der Waals surface area (Å²) in [6.45, 7) is 5.28.